The van der Waals surface area contributed by atoms with Crippen molar-refractivity contribution in [2.75, 3.05) is 10.6 Å². The second kappa shape index (κ2) is 3.33. The molecule has 0 aliphatic heterocycles. The van der Waals surface area contributed by atoms with Gasteiger partial charge in [0.15, 0.2) is 0 Å². The van der Waals surface area contributed by atoms with Gasteiger partial charge in [0.05, 0.1) is 0 Å². The van der Waals surface area contributed by atoms with Crippen LogP contribution >= 0.6 is 0 Å². The van der Waals surface area contributed by atoms with Crippen LogP contribution in [0, 0.1) is 0 Å². The van der Waals surface area contributed by atoms with E-state index in [9.17, 15) is 4.79 Å². The highest BCUT2D eigenvalue weighted by Crippen LogP contribution is 2.32. The fraction of sp³-hybridized carbons (Fsp3) is 0.364. The fourth-order valence-corrected chi connectivity index (χ4v) is 1.66. The molecule has 0 bridgehead atoms. The molecule has 3 nitrogen and oxygen atoms in total. The molecule has 0 heterocycles. The number of benzene rings is 1. The molecule has 3 heteroatoms. The molecule has 1 amide bonds. The molecule has 1 saturated carbocycles. The van der Waals surface area contributed by atoms with Gasteiger partial charge in [0.25, 0.3) is 0 Å². The Hall–Kier alpha value is -1.51. The Bertz CT molecular complexity index is 358. The van der Waals surface area contributed by atoms with Crippen molar-refractivity contribution in [2.45, 2.75) is 25.8 Å². The number of hydrogen-bond acceptors (Lipinski definition) is 2. The van der Waals surface area contributed by atoms with E-state index in [0.29, 0.717) is 11.7 Å². The molecule has 0 unspecified atom stereocenters. The third-order valence-corrected chi connectivity index (χ3v) is 2.40. The number of nitrogens with zero attached hydrogens (tertiary/aromatic N) is 1. The summed E-state index contributed by atoms with van der Waals surface area (Å²) in [5.41, 5.74) is 7.30. The molecule has 14 heavy (non-hydrogen) atoms. The molecule has 1 aliphatic rings. The van der Waals surface area contributed by atoms with Crippen molar-refractivity contribution in [3.8, 4) is 0 Å². The summed E-state index contributed by atoms with van der Waals surface area (Å²) >= 11 is 0. The van der Waals surface area contributed by atoms with Gasteiger partial charge >= 0.3 is 0 Å². The molecular formula is C11H14N2O. The van der Waals surface area contributed by atoms with Gasteiger partial charge in [0, 0.05) is 24.3 Å². The second-order valence-electron chi connectivity index (χ2n) is 3.72. The minimum atomic E-state index is 0.0955. The first-order chi connectivity index (χ1) is 6.68. The predicted molar refractivity (Wildman–Crippen MR) is 57.0 cm³/mol. The Morgan fingerprint density at radius 1 is 1.50 bits per heavy atom. The molecule has 1 aromatic carbocycles. The number of amides is 1. The largest absolute Gasteiger partial charge is 0.399 e. The zero-order valence-electron chi connectivity index (χ0n) is 8.23. The van der Waals surface area contributed by atoms with E-state index in [1.165, 1.54) is 0 Å². The summed E-state index contributed by atoms with van der Waals surface area (Å²) in [5.74, 6) is 0.0955. The van der Waals surface area contributed by atoms with Gasteiger partial charge in [0.2, 0.25) is 5.91 Å². The van der Waals surface area contributed by atoms with Crippen LogP contribution in [0.3, 0.4) is 0 Å². The molecular weight excluding hydrogens is 176 g/mol. The summed E-state index contributed by atoms with van der Waals surface area (Å²) in [4.78, 5) is 13.3. The Kier molecular flexibility index (Phi) is 2.15. The summed E-state index contributed by atoms with van der Waals surface area (Å²) in [5, 5.41) is 0. The Labute approximate surface area is 83.5 Å². The molecule has 1 aliphatic carbocycles. The first kappa shape index (κ1) is 9.06. The van der Waals surface area contributed by atoms with Gasteiger partial charge in [-0.05, 0) is 31.0 Å². The number of anilines is 2. The molecule has 0 spiro atoms. The van der Waals surface area contributed by atoms with Crippen LogP contribution in [0.2, 0.25) is 0 Å². The van der Waals surface area contributed by atoms with E-state index in [1.54, 1.807) is 6.92 Å². The molecule has 74 valence electrons. The molecule has 2 rings (SSSR count). The number of nitrogens with two attached hydrogens (primary N) is 1. The van der Waals surface area contributed by atoms with E-state index in [4.69, 9.17) is 5.73 Å². The summed E-state index contributed by atoms with van der Waals surface area (Å²) in [6.45, 7) is 1.60. The van der Waals surface area contributed by atoms with E-state index in [-0.39, 0.29) is 5.91 Å². The van der Waals surface area contributed by atoms with Crippen LogP contribution in [-0.2, 0) is 4.79 Å². The zero-order chi connectivity index (χ0) is 10.1. The van der Waals surface area contributed by atoms with Gasteiger partial charge in [-0.2, -0.15) is 0 Å². The summed E-state index contributed by atoms with van der Waals surface area (Å²) < 4.78 is 0. The van der Waals surface area contributed by atoms with E-state index in [0.717, 1.165) is 18.5 Å². The highest BCUT2D eigenvalue weighted by molar-refractivity contribution is 5.93. The Morgan fingerprint density at radius 2 is 2.21 bits per heavy atom. The van der Waals surface area contributed by atoms with Crippen LogP contribution in [0.4, 0.5) is 11.4 Å². The molecule has 0 atom stereocenters. The number of nitrogen functional groups attached to an aromatic ring is 1. The van der Waals surface area contributed by atoms with Gasteiger partial charge in [0.1, 0.15) is 0 Å². The van der Waals surface area contributed by atoms with Gasteiger partial charge in [-0.25, -0.2) is 0 Å². The molecule has 1 aromatic rings. The number of hydrogen-bond donors (Lipinski definition) is 1. The van der Waals surface area contributed by atoms with Gasteiger partial charge in [-0.15, -0.1) is 0 Å². The maximum Gasteiger partial charge on any atom is 0.224 e. The summed E-state index contributed by atoms with van der Waals surface area (Å²) in [7, 11) is 0. The van der Waals surface area contributed by atoms with Crippen LogP contribution in [-0.4, -0.2) is 11.9 Å². The van der Waals surface area contributed by atoms with Crippen LogP contribution < -0.4 is 10.6 Å². The quantitative estimate of drug-likeness (QED) is 0.722. The van der Waals surface area contributed by atoms with Crippen LogP contribution in [0.1, 0.15) is 19.8 Å². The Morgan fingerprint density at radius 3 is 2.71 bits per heavy atom. The lowest BCUT2D eigenvalue weighted by Gasteiger charge is -2.20. The third-order valence-electron chi connectivity index (χ3n) is 2.40. The first-order valence-corrected chi connectivity index (χ1v) is 4.84. The number of carbonyl (C=O) groups is 1. The third kappa shape index (κ3) is 1.71. The first-order valence-electron chi connectivity index (χ1n) is 4.84. The van der Waals surface area contributed by atoms with Crippen molar-refractivity contribution in [1.82, 2.24) is 0 Å². The fourth-order valence-electron chi connectivity index (χ4n) is 1.66. The lowest BCUT2D eigenvalue weighted by atomic mass is 10.2. The summed E-state index contributed by atoms with van der Waals surface area (Å²) in [6.07, 6.45) is 2.21. The molecule has 2 N–H and O–H groups in total. The van der Waals surface area contributed by atoms with Crippen molar-refractivity contribution in [3.63, 3.8) is 0 Å². The van der Waals surface area contributed by atoms with Crippen molar-refractivity contribution >= 4 is 17.3 Å². The smallest absolute Gasteiger partial charge is 0.224 e. The van der Waals surface area contributed by atoms with Crippen molar-refractivity contribution in [3.05, 3.63) is 24.3 Å². The molecule has 0 radical (unpaired) electrons. The SMILES string of the molecule is CC(=O)N(c1cccc(N)c1)C1CC1. The number of carbonyl (C=O) groups excluding carboxylic acids is 1. The minimum Gasteiger partial charge on any atom is -0.399 e. The van der Waals surface area contributed by atoms with Crippen molar-refractivity contribution < 1.29 is 4.79 Å². The highest BCUT2D eigenvalue weighted by atomic mass is 16.2. The van der Waals surface area contributed by atoms with Gasteiger partial charge in [-0.1, -0.05) is 6.07 Å². The minimum absolute atomic E-state index is 0.0955. The monoisotopic (exact) mass is 190 g/mol. The maximum absolute atomic E-state index is 11.4. The average Bonchev–Trinajstić information content (AvgIpc) is 2.88. The standard InChI is InChI=1S/C11H14N2O/c1-8(14)13(10-5-6-10)11-4-2-3-9(12)7-11/h2-4,7,10H,5-6,12H2,1H3. The van der Waals surface area contributed by atoms with E-state index < -0.39 is 0 Å². The predicted octanol–water partition coefficient (Wildman–Crippen LogP) is 1.78. The topological polar surface area (TPSA) is 46.3 Å². The van der Waals surface area contributed by atoms with Gasteiger partial charge in [-0.3, -0.25) is 4.79 Å². The lowest BCUT2D eigenvalue weighted by Crippen LogP contribution is -2.30. The second-order valence-corrected chi connectivity index (χ2v) is 3.72. The van der Waals surface area contributed by atoms with Gasteiger partial charge < -0.3 is 10.6 Å². The van der Waals surface area contributed by atoms with Crippen molar-refractivity contribution in [2.24, 2.45) is 0 Å². The zero-order valence-corrected chi connectivity index (χ0v) is 8.23. The lowest BCUT2D eigenvalue weighted by molar-refractivity contribution is -0.116. The van der Waals surface area contributed by atoms with Crippen molar-refractivity contribution in [1.29, 1.82) is 0 Å². The van der Waals surface area contributed by atoms with Crippen LogP contribution in [0.5, 0.6) is 0 Å². The maximum atomic E-state index is 11.4. The molecule has 0 aromatic heterocycles. The molecule has 1 fully saturated rings. The number of rotatable bonds is 2. The summed E-state index contributed by atoms with van der Waals surface area (Å²) in [6, 6.07) is 7.88. The van der Waals surface area contributed by atoms with E-state index in [1.807, 2.05) is 29.2 Å². The highest BCUT2D eigenvalue weighted by Gasteiger charge is 2.31. The molecule has 0 saturated heterocycles. The van der Waals surface area contributed by atoms with Crippen LogP contribution in [0.25, 0.3) is 0 Å². The Balaban J connectivity index is 2.30. The van der Waals surface area contributed by atoms with E-state index in [2.05, 4.69) is 0 Å². The average molecular weight is 190 g/mol. The normalized spacial score (nSPS) is 15.2. The van der Waals surface area contributed by atoms with E-state index >= 15 is 0 Å². The van der Waals surface area contributed by atoms with Crippen LogP contribution in [0.15, 0.2) is 24.3 Å².